The smallest absolute Gasteiger partial charge is 0.00816 e. The molecule has 0 aromatic carbocycles. The monoisotopic (exact) mass is 156 g/mol. The molecular weight excluding hydrogens is 140 g/mol. The van der Waals surface area contributed by atoms with Crippen molar-refractivity contribution in [3.05, 3.63) is 12.2 Å². The molecule has 58 valence electrons. The molecule has 0 nitrogen and oxygen atoms in total. The van der Waals surface area contributed by atoms with Crippen molar-refractivity contribution in [1.29, 1.82) is 0 Å². The maximum atomic E-state index is 4.08. The summed E-state index contributed by atoms with van der Waals surface area (Å²) in [6.07, 6.45) is 6.20. The van der Waals surface area contributed by atoms with Gasteiger partial charge in [-0.1, -0.05) is 19.1 Å². The van der Waals surface area contributed by atoms with Crippen LogP contribution in [0.2, 0.25) is 0 Å². The van der Waals surface area contributed by atoms with E-state index in [0.29, 0.717) is 0 Å². The average molecular weight is 156 g/mol. The Balaban J connectivity index is 2.41. The van der Waals surface area contributed by atoms with E-state index in [-0.39, 0.29) is 0 Å². The molecule has 1 saturated carbocycles. The maximum absolute atomic E-state index is 4.08. The van der Waals surface area contributed by atoms with Gasteiger partial charge in [0.05, 0.1) is 0 Å². The molecule has 0 amide bonds. The van der Waals surface area contributed by atoms with E-state index in [2.05, 4.69) is 19.8 Å². The second kappa shape index (κ2) is 3.47. The second-order valence-electron chi connectivity index (χ2n) is 3.20. The number of hydrogen-bond donors (Lipinski definition) is 0. The zero-order valence-corrected chi connectivity index (χ0v) is 7.71. The first kappa shape index (κ1) is 8.19. The van der Waals surface area contributed by atoms with Crippen LogP contribution in [0.4, 0.5) is 0 Å². The van der Waals surface area contributed by atoms with E-state index in [0.717, 1.165) is 11.2 Å². The minimum Gasteiger partial charge on any atom is -0.162 e. The fourth-order valence-electron chi connectivity index (χ4n) is 1.44. The minimum atomic E-state index is 0.781. The summed E-state index contributed by atoms with van der Waals surface area (Å²) in [5.74, 6) is 0.781. The average Bonchev–Trinajstić information content (AvgIpc) is 1.95. The maximum Gasteiger partial charge on any atom is 0.00816 e. The third-order valence-corrected chi connectivity index (χ3v) is 3.51. The van der Waals surface area contributed by atoms with Crippen LogP contribution in [0.15, 0.2) is 12.2 Å². The summed E-state index contributed by atoms with van der Waals surface area (Å²) in [4.78, 5) is 0. The van der Waals surface area contributed by atoms with Gasteiger partial charge in [-0.3, -0.25) is 0 Å². The lowest BCUT2D eigenvalue weighted by atomic mass is 9.86. The Hall–Kier alpha value is 0.0900. The molecule has 0 saturated heterocycles. The first-order chi connectivity index (χ1) is 4.74. The Labute approximate surface area is 68.1 Å². The van der Waals surface area contributed by atoms with Crippen LogP contribution in [0, 0.1) is 5.92 Å². The zero-order valence-electron chi connectivity index (χ0n) is 6.89. The molecule has 1 fully saturated rings. The van der Waals surface area contributed by atoms with Crippen molar-refractivity contribution in [3.63, 3.8) is 0 Å². The molecule has 0 aromatic heterocycles. The molecule has 1 aliphatic rings. The highest BCUT2D eigenvalue weighted by Gasteiger charge is 2.19. The van der Waals surface area contributed by atoms with Crippen molar-refractivity contribution in [2.45, 2.75) is 31.4 Å². The van der Waals surface area contributed by atoms with Gasteiger partial charge in [0.25, 0.3) is 0 Å². The molecule has 2 unspecified atom stereocenters. The Bertz CT molecular complexity index is 129. The van der Waals surface area contributed by atoms with E-state index in [1.54, 1.807) is 0 Å². The molecular formula is C9H16S. The standard InChI is InChI=1S/C9H16S/c1-7-4-5-9(10-3)6-8(7)2/h7,9H,2,4-6H2,1,3H3. The molecule has 0 N–H and O–H groups in total. The minimum absolute atomic E-state index is 0.781. The fourth-order valence-corrected chi connectivity index (χ4v) is 2.19. The number of allylic oxidation sites excluding steroid dienone is 1. The van der Waals surface area contributed by atoms with Gasteiger partial charge in [0.2, 0.25) is 0 Å². The Morgan fingerprint density at radius 3 is 2.70 bits per heavy atom. The third kappa shape index (κ3) is 1.79. The number of rotatable bonds is 1. The van der Waals surface area contributed by atoms with E-state index in [9.17, 15) is 0 Å². The SMILES string of the molecule is C=C1CC(SC)CCC1C. The highest BCUT2D eigenvalue weighted by Crippen LogP contribution is 2.33. The third-order valence-electron chi connectivity index (χ3n) is 2.44. The number of thioether (sulfide) groups is 1. The van der Waals surface area contributed by atoms with E-state index in [1.165, 1.54) is 24.8 Å². The van der Waals surface area contributed by atoms with Gasteiger partial charge in [-0.05, 0) is 31.4 Å². The van der Waals surface area contributed by atoms with Crippen molar-refractivity contribution in [2.75, 3.05) is 6.26 Å². The van der Waals surface area contributed by atoms with Gasteiger partial charge < -0.3 is 0 Å². The van der Waals surface area contributed by atoms with Crippen LogP contribution in [0.5, 0.6) is 0 Å². The summed E-state index contributed by atoms with van der Waals surface area (Å²) in [5.41, 5.74) is 1.46. The van der Waals surface area contributed by atoms with Crippen LogP contribution in [-0.2, 0) is 0 Å². The summed E-state index contributed by atoms with van der Waals surface area (Å²) in [5, 5.41) is 0.865. The predicted octanol–water partition coefficient (Wildman–Crippen LogP) is 3.09. The highest BCUT2D eigenvalue weighted by molar-refractivity contribution is 7.99. The van der Waals surface area contributed by atoms with Crippen LogP contribution in [0.25, 0.3) is 0 Å². The topological polar surface area (TPSA) is 0 Å². The second-order valence-corrected chi connectivity index (χ2v) is 4.34. The molecule has 1 rings (SSSR count). The lowest BCUT2D eigenvalue weighted by Gasteiger charge is -2.26. The van der Waals surface area contributed by atoms with E-state index in [4.69, 9.17) is 0 Å². The van der Waals surface area contributed by atoms with Gasteiger partial charge in [0, 0.05) is 5.25 Å². The normalized spacial score (nSPS) is 34.4. The van der Waals surface area contributed by atoms with E-state index in [1.807, 2.05) is 11.8 Å². The molecule has 0 bridgehead atoms. The molecule has 0 aromatic rings. The molecule has 0 spiro atoms. The molecule has 1 aliphatic carbocycles. The van der Waals surface area contributed by atoms with Gasteiger partial charge in [-0.2, -0.15) is 11.8 Å². The quantitative estimate of drug-likeness (QED) is 0.526. The van der Waals surface area contributed by atoms with Gasteiger partial charge in [0.15, 0.2) is 0 Å². The van der Waals surface area contributed by atoms with Gasteiger partial charge in [-0.25, -0.2) is 0 Å². The molecule has 10 heavy (non-hydrogen) atoms. The van der Waals surface area contributed by atoms with Crippen molar-refractivity contribution in [2.24, 2.45) is 5.92 Å². The Morgan fingerprint density at radius 2 is 2.20 bits per heavy atom. The van der Waals surface area contributed by atoms with Crippen molar-refractivity contribution >= 4 is 11.8 Å². The lowest BCUT2D eigenvalue weighted by molar-refractivity contribution is 0.495. The summed E-state index contributed by atoms with van der Waals surface area (Å²) in [6, 6.07) is 0. The molecule has 0 aliphatic heterocycles. The summed E-state index contributed by atoms with van der Waals surface area (Å²) in [6.45, 7) is 6.37. The number of hydrogen-bond acceptors (Lipinski definition) is 1. The molecule has 0 heterocycles. The Kier molecular flexibility index (Phi) is 2.84. The molecule has 0 radical (unpaired) electrons. The van der Waals surface area contributed by atoms with Gasteiger partial charge in [-0.15, -0.1) is 0 Å². The first-order valence-electron chi connectivity index (χ1n) is 3.94. The first-order valence-corrected chi connectivity index (χ1v) is 5.23. The van der Waals surface area contributed by atoms with Crippen LogP contribution >= 0.6 is 11.8 Å². The van der Waals surface area contributed by atoms with E-state index >= 15 is 0 Å². The fraction of sp³-hybridized carbons (Fsp3) is 0.778. The largest absolute Gasteiger partial charge is 0.162 e. The van der Waals surface area contributed by atoms with Crippen molar-refractivity contribution < 1.29 is 0 Å². The van der Waals surface area contributed by atoms with Crippen LogP contribution in [0.1, 0.15) is 26.2 Å². The predicted molar refractivity (Wildman–Crippen MR) is 49.5 cm³/mol. The lowest BCUT2D eigenvalue weighted by Crippen LogP contribution is -2.15. The van der Waals surface area contributed by atoms with Crippen LogP contribution < -0.4 is 0 Å². The van der Waals surface area contributed by atoms with E-state index < -0.39 is 0 Å². The Morgan fingerprint density at radius 1 is 1.50 bits per heavy atom. The van der Waals surface area contributed by atoms with Gasteiger partial charge >= 0.3 is 0 Å². The highest BCUT2D eigenvalue weighted by atomic mass is 32.2. The zero-order chi connectivity index (χ0) is 7.56. The molecule has 2 atom stereocenters. The van der Waals surface area contributed by atoms with Crippen molar-refractivity contribution in [3.8, 4) is 0 Å². The summed E-state index contributed by atoms with van der Waals surface area (Å²) in [7, 11) is 0. The van der Waals surface area contributed by atoms with Crippen LogP contribution in [-0.4, -0.2) is 11.5 Å². The van der Waals surface area contributed by atoms with Crippen LogP contribution in [0.3, 0.4) is 0 Å². The van der Waals surface area contributed by atoms with Crippen molar-refractivity contribution in [1.82, 2.24) is 0 Å². The summed E-state index contributed by atoms with van der Waals surface area (Å²) < 4.78 is 0. The summed E-state index contributed by atoms with van der Waals surface area (Å²) >= 11 is 1.99. The van der Waals surface area contributed by atoms with Gasteiger partial charge in [0.1, 0.15) is 0 Å². The molecule has 1 heteroatoms.